The third-order valence-electron chi connectivity index (χ3n) is 5.07. The molecule has 1 aliphatic heterocycles. The van der Waals surface area contributed by atoms with Crippen LogP contribution in [0.25, 0.3) is 0 Å². The molecule has 0 bridgehead atoms. The molecule has 0 spiro atoms. The van der Waals surface area contributed by atoms with Crippen LogP contribution < -0.4 is 5.32 Å². The van der Waals surface area contributed by atoms with Crippen molar-refractivity contribution in [3.63, 3.8) is 0 Å². The number of esters is 1. The topological polar surface area (TPSA) is 67.3 Å². The van der Waals surface area contributed by atoms with Gasteiger partial charge < -0.3 is 10.1 Å². The van der Waals surface area contributed by atoms with Crippen LogP contribution in [-0.2, 0) is 9.53 Å². The van der Waals surface area contributed by atoms with Gasteiger partial charge in [0.25, 0.3) is 0 Å². The van der Waals surface area contributed by atoms with E-state index in [9.17, 15) is 4.79 Å². The van der Waals surface area contributed by atoms with Gasteiger partial charge in [-0.3, -0.25) is 14.7 Å². The molecule has 0 radical (unpaired) electrons. The van der Waals surface area contributed by atoms with Crippen molar-refractivity contribution in [1.29, 1.82) is 0 Å². The number of hydrogen-bond acceptors (Lipinski definition) is 7. The first-order valence-corrected chi connectivity index (χ1v) is 10.3. The molecule has 2 aliphatic rings. The Morgan fingerprint density at radius 1 is 1.28 bits per heavy atom. The summed E-state index contributed by atoms with van der Waals surface area (Å²) < 4.78 is 4.66. The molecule has 3 rings (SSSR count). The molecule has 1 aromatic heterocycles. The summed E-state index contributed by atoms with van der Waals surface area (Å²) >= 11 is 1.35. The molecule has 7 heteroatoms. The van der Waals surface area contributed by atoms with Gasteiger partial charge in [-0.15, -0.1) is 0 Å². The Balaban J connectivity index is 1.53. The van der Waals surface area contributed by atoms with E-state index in [1.807, 2.05) is 0 Å². The van der Waals surface area contributed by atoms with Crippen LogP contribution in [0.1, 0.15) is 44.9 Å². The van der Waals surface area contributed by atoms with Crippen LogP contribution >= 0.6 is 11.8 Å². The van der Waals surface area contributed by atoms with Crippen LogP contribution in [0.15, 0.2) is 17.4 Å². The second-order valence-corrected chi connectivity index (χ2v) is 7.87. The Labute approximate surface area is 154 Å². The van der Waals surface area contributed by atoms with Crippen molar-refractivity contribution in [2.45, 2.75) is 62.1 Å². The molecular weight excluding hydrogens is 336 g/mol. The molecule has 1 atom stereocenters. The number of nitrogens with one attached hydrogen (secondary N) is 1. The van der Waals surface area contributed by atoms with Crippen molar-refractivity contribution in [1.82, 2.24) is 14.9 Å². The van der Waals surface area contributed by atoms with Crippen molar-refractivity contribution in [2.75, 3.05) is 31.3 Å². The molecule has 1 aromatic rings. The summed E-state index contributed by atoms with van der Waals surface area (Å²) in [5, 5.41) is 4.29. The summed E-state index contributed by atoms with van der Waals surface area (Å²) in [7, 11) is 1.40. The molecule has 1 saturated carbocycles. The SMILES string of the molecule is COC(=O)CSc1cncc(NC2CCCN(C3CCCCC3)C2)n1. The number of likely N-dealkylation sites (tertiary alicyclic amines) is 1. The smallest absolute Gasteiger partial charge is 0.316 e. The number of hydrogen-bond donors (Lipinski definition) is 1. The fourth-order valence-electron chi connectivity index (χ4n) is 3.79. The minimum absolute atomic E-state index is 0.249. The van der Waals surface area contributed by atoms with E-state index in [1.165, 1.54) is 70.4 Å². The van der Waals surface area contributed by atoms with Gasteiger partial charge in [0.15, 0.2) is 0 Å². The van der Waals surface area contributed by atoms with Crippen LogP contribution in [0.5, 0.6) is 0 Å². The standard InChI is InChI=1S/C18H28N4O2S/c1-24-18(23)13-25-17-11-19-10-16(21-17)20-14-6-5-9-22(12-14)15-7-3-2-4-8-15/h10-11,14-15H,2-9,12-13H2,1H3,(H,20,21). The summed E-state index contributed by atoms with van der Waals surface area (Å²) in [5.41, 5.74) is 0. The zero-order valence-corrected chi connectivity index (χ0v) is 15.8. The molecule has 1 aliphatic carbocycles. The first-order chi connectivity index (χ1) is 12.2. The average molecular weight is 365 g/mol. The fourth-order valence-corrected chi connectivity index (χ4v) is 4.47. The molecule has 6 nitrogen and oxygen atoms in total. The molecule has 2 fully saturated rings. The molecule has 1 saturated heterocycles. The van der Waals surface area contributed by atoms with Crippen molar-refractivity contribution < 1.29 is 9.53 Å². The highest BCUT2D eigenvalue weighted by Crippen LogP contribution is 2.26. The quantitative estimate of drug-likeness (QED) is 0.615. The minimum Gasteiger partial charge on any atom is -0.468 e. The lowest BCUT2D eigenvalue weighted by Crippen LogP contribution is -2.47. The van der Waals surface area contributed by atoms with Crippen LogP contribution in [0.3, 0.4) is 0 Å². The summed E-state index contributed by atoms with van der Waals surface area (Å²) in [4.78, 5) is 22.8. The van der Waals surface area contributed by atoms with Gasteiger partial charge in [0, 0.05) is 18.6 Å². The molecule has 138 valence electrons. The van der Waals surface area contributed by atoms with Crippen molar-refractivity contribution in [2.24, 2.45) is 0 Å². The van der Waals surface area contributed by atoms with Gasteiger partial charge in [0.05, 0.1) is 25.3 Å². The number of piperidine rings is 1. The minimum atomic E-state index is -0.249. The third kappa shape index (κ3) is 5.57. The Kier molecular flexibility index (Phi) is 6.93. The second-order valence-electron chi connectivity index (χ2n) is 6.88. The number of rotatable bonds is 6. The Hall–Kier alpha value is -1.34. The van der Waals surface area contributed by atoms with Crippen molar-refractivity contribution in [3.05, 3.63) is 12.4 Å². The van der Waals surface area contributed by atoms with Crippen molar-refractivity contribution >= 4 is 23.5 Å². The van der Waals surface area contributed by atoms with Gasteiger partial charge >= 0.3 is 5.97 Å². The predicted octanol–water partition coefficient (Wildman–Crippen LogP) is 2.95. The van der Waals surface area contributed by atoms with E-state index in [0.29, 0.717) is 6.04 Å². The number of thioether (sulfide) groups is 1. The molecular formula is C18H28N4O2S. The summed E-state index contributed by atoms with van der Waals surface area (Å²) in [5.74, 6) is 0.805. The van der Waals surface area contributed by atoms with Gasteiger partial charge in [-0.2, -0.15) is 0 Å². The Morgan fingerprint density at radius 2 is 2.12 bits per heavy atom. The van der Waals surface area contributed by atoms with Crippen LogP contribution in [0.4, 0.5) is 5.82 Å². The molecule has 0 aromatic carbocycles. The van der Waals surface area contributed by atoms with Gasteiger partial charge in [0.2, 0.25) is 0 Å². The fraction of sp³-hybridized carbons (Fsp3) is 0.722. The highest BCUT2D eigenvalue weighted by Gasteiger charge is 2.27. The first kappa shape index (κ1) is 18.5. The number of aromatic nitrogens is 2. The third-order valence-corrected chi connectivity index (χ3v) is 5.95. The number of methoxy groups -OCH3 is 1. The molecule has 25 heavy (non-hydrogen) atoms. The van der Waals surface area contributed by atoms with Crippen LogP contribution in [0, 0.1) is 0 Å². The van der Waals surface area contributed by atoms with Crippen LogP contribution in [0.2, 0.25) is 0 Å². The summed E-state index contributed by atoms with van der Waals surface area (Å²) in [6.07, 6.45) is 12.7. The van der Waals surface area contributed by atoms with Crippen molar-refractivity contribution in [3.8, 4) is 0 Å². The number of carbonyl (C=O) groups excluding carboxylic acids is 1. The number of nitrogens with zero attached hydrogens (tertiary/aromatic N) is 3. The largest absolute Gasteiger partial charge is 0.468 e. The van der Waals surface area contributed by atoms with Gasteiger partial charge in [-0.1, -0.05) is 31.0 Å². The average Bonchev–Trinajstić information content (AvgIpc) is 2.67. The lowest BCUT2D eigenvalue weighted by atomic mass is 9.92. The lowest BCUT2D eigenvalue weighted by Gasteiger charge is -2.40. The maximum Gasteiger partial charge on any atom is 0.316 e. The number of ether oxygens (including phenoxy) is 1. The lowest BCUT2D eigenvalue weighted by molar-refractivity contribution is -0.137. The maximum atomic E-state index is 11.3. The van der Waals surface area contributed by atoms with Gasteiger partial charge in [-0.25, -0.2) is 4.98 Å². The zero-order valence-electron chi connectivity index (χ0n) is 14.9. The molecule has 2 heterocycles. The van der Waals surface area contributed by atoms with E-state index in [1.54, 1.807) is 12.4 Å². The normalized spacial score (nSPS) is 22.5. The summed E-state index contributed by atoms with van der Waals surface area (Å²) in [6.45, 7) is 2.31. The van der Waals surface area contributed by atoms with E-state index in [0.717, 1.165) is 23.4 Å². The number of anilines is 1. The highest BCUT2D eigenvalue weighted by atomic mass is 32.2. The van der Waals surface area contributed by atoms with E-state index in [-0.39, 0.29) is 11.7 Å². The first-order valence-electron chi connectivity index (χ1n) is 9.27. The molecule has 1 unspecified atom stereocenters. The predicted molar refractivity (Wildman–Crippen MR) is 99.9 cm³/mol. The number of carbonyl (C=O) groups is 1. The summed E-state index contributed by atoms with van der Waals surface area (Å²) in [6, 6.07) is 1.19. The zero-order chi connectivity index (χ0) is 17.5. The van der Waals surface area contributed by atoms with Gasteiger partial charge in [0.1, 0.15) is 10.8 Å². The second kappa shape index (κ2) is 9.38. The van der Waals surface area contributed by atoms with Crippen LogP contribution in [-0.4, -0.2) is 58.9 Å². The van der Waals surface area contributed by atoms with E-state index in [4.69, 9.17) is 0 Å². The monoisotopic (exact) mass is 364 g/mol. The van der Waals surface area contributed by atoms with Gasteiger partial charge in [-0.05, 0) is 32.2 Å². The maximum absolute atomic E-state index is 11.3. The Bertz CT molecular complexity index is 566. The highest BCUT2D eigenvalue weighted by molar-refractivity contribution is 7.99. The molecule has 0 amide bonds. The van der Waals surface area contributed by atoms with E-state index in [2.05, 4.69) is 24.9 Å². The molecule has 1 N–H and O–H groups in total. The Morgan fingerprint density at radius 3 is 2.92 bits per heavy atom. The van der Waals surface area contributed by atoms with E-state index < -0.39 is 0 Å². The van der Waals surface area contributed by atoms with E-state index >= 15 is 0 Å².